The lowest BCUT2D eigenvalue weighted by Gasteiger charge is -2.08. The summed E-state index contributed by atoms with van der Waals surface area (Å²) in [6.45, 7) is 2.01. The molecule has 0 spiro atoms. The Bertz CT molecular complexity index is 423. The van der Waals surface area contributed by atoms with Gasteiger partial charge in [-0.3, -0.25) is 5.32 Å². The van der Waals surface area contributed by atoms with E-state index in [4.69, 9.17) is 34.3 Å². The highest BCUT2D eigenvalue weighted by molar-refractivity contribution is 7.80. The molecule has 0 saturated heterocycles. The first-order valence-corrected chi connectivity index (χ1v) is 5.36. The molecule has 1 aromatic carbocycles. The lowest BCUT2D eigenvalue weighted by atomic mass is 10.2. The Morgan fingerprint density at radius 2 is 2.31 bits per heavy atom. The Morgan fingerprint density at radius 3 is 2.88 bits per heavy atom. The lowest BCUT2D eigenvalue weighted by Crippen LogP contribution is -2.15. The van der Waals surface area contributed by atoms with E-state index in [1.165, 1.54) is 0 Å². The molecule has 16 heavy (non-hydrogen) atoms. The van der Waals surface area contributed by atoms with Gasteiger partial charge in [0.25, 0.3) is 0 Å². The zero-order valence-electron chi connectivity index (χ0n) is 8.62. The fourth-order valence-electron chi connectivity index (χ4n) is 1.05. The van der Waals surface area contributed by atoms with E-state index in [0.717, 1.165) is 0 Å². The van der Waals surface area contributed by atoms with Crippen molar-refractivity contribution < 1.29 is 9.53 Å². The largest absolute Gasteiger partial charge is 0.450 e. The predicted octanol–water partition coefficient (Wildman–Crippen LogP) is 2.54. The molecule has 0 atom stereocenters. The maximum atomic E-state index is 11.2. The number of nitrogens with two attached hydrogens (primary N) is 1. The Morgan fingerprint density at radius 1 is 1.62 bits per heavy atom. The second-order valence-corrected chi connectivity index (χ2v) is 3.75. The molecular weight excluding hydrogens is 248 g/mol. The van der Waals surface area contributed by atoms with Crippen LogP contribution in [-0.2, 0) is 4.74 Å². The predicted molar refractivity (Wildman–Crippen MR) is 68.0 cm³/mol. The Labute approximate surface area is 104 Å². The molecule has 86 valence electrons. The number of ether oxygens (including phenoxy) is 1. The number of carbonyl (C=O) groups excluding carboxylic acids is 1. The van der Waals surface area contributed by atoms with Gasteiger partial charge < -0.3 is 10.5 Å². The second-order valence-electron chi connectivity index (χ2n) is 2.90. The fourth-order valence-corrected chi connectivity index (χ4v) is 1.34. The third-order valence-corrected chi connectivity index (χ3v) is 2.33. The summed E-state index contributed by atoms with van der Waals surface area (Å²) in [5.41, 5.74) is 6.52. The minimum absolute atomic E-state index is 0.239. The number of amides is 1. The molecule has 0 radical (unpaired) electrons. The van der Waals surface area contributed by atoms with Gasteiger partial charge in [0.15, 0.2) is 0 Å². The highest BCUT2D eigenvalue weighted by Crippen LogP contribution is 2.23. The van der Waals surface area contributed by atoms with Gasteiger partial charge in [0.05, 0.1) is 17.3 Å². The van der Waals surface area contributed by atoms with Crippen LogP contribution in [0.4, 0.5) is 10.5 Å². The topological polar surface area (TPSA) is 64.3 Å². The molecule has 1 amide bonds. The molecule has 1 aromatic rings. The summed E-state index contributed by atoms with van der Waals surface area (Å²) in [7, 11) is 0. The minimum Gasteiger partial charge on any atom is -0.450 e. The number of hydrogen-bond donors (Lipinski definition) is 2. The standard InChI is InChI=1S/C10H11ClN2O2S/c1-2-15-10(14)13-8-5-6(9(12)16)3-4-7(8)11/h3-5H,2H2,1H3,(H2,12,16)(H,13,14). The van der Waals surface area contributed by atoms with Crippen molar-refractivity contribution >= 4 is 40.6 Å². The van der Waals surface area contributed by atoms with Crippen molar-refractivity contribution in [3.8, 4) is 0 Å². The van der Waals surface area contributed by atoms with E-state index < -0.39 is 6.09 Å². The molecule has 0 aliphatic heterocycles. The number of carbonyl (C=O) groups is 1. The van der Waals surface area contributed by atoms with E-state index in [0.29, 0.717) is 22.9 Å². The van der Waals surface area contributed by atoms with Gasteiger partial charge >= 0.3 is 6.09 Å². The first-order valence-electron chi connectivity index (χ1n) is 4.57. The van der Waals surface area contributed by atoms with Crippen molar-refractivity contribution in [2.45, 2.75) is 6.92 Å². The van der Waals surface area contributed by atoms with Gasteiger partial charge in [-0.2, -0.15) is 0 Å². The molecule has 0 aliphatic carbocycles. The highest BCUT2D eigenvalue weighted by atomic mass is 35.5. The maximum absolute atomic E-state index is 11.2. The average molecular weight is 259 g/mol. The summed E-state index contributed by atoms with van der Waals surface area (Å²) in [6, 6.07) is 4.89. The molecule has 0 aliphatic rings. The quantitative estimate of drug-likeness (QED) is 0.818. The van der Waals surface area contributed by atoms with Gasteiger partial charge in [0.1, 0.15) is 4.99 Å². The van der Waals surface area contributed by atoms with E-state index in [9.17, 15) is 4.79 Å². The summed E-state index contributed by atoms with van der Waals surface area (Å²) < 4.78 is 4.73. The molecular formula is C10H11ClN2O2S. The molecule has 6 heteroatoms. The minimum atomic E-state index is -0.565. The fraction of sp³-hybridized carbons (Fsp3) is 0.200. The van der Waals surface area contributed by atoms with Gasteiger partial charge in [-0.15, -0.1) is 0 Å². The van der Waals surface area contributed by atoms with Crippen molar-refractivity contribution in [2.24, 2.45) is 5.73 Å². The van der Waals surface area contributed by atoms with Crippen LogP contribution in [0, 0.1) is 0 Å². The van der Waals surface area contributed by atoms with E-state index >= 15 is 0 Å². The molecule has 0 unspecified atom stereocenters. The number of benzene rings is 1. The van der Waals surface area contributed by atoms with Gasteiger partial charge in [0.2, 0.25) is 0 Å². The molecule has 3 N–H and O–H groups in total. The Hall–Kier alpha value is -1.33. The maximum Gasteiger partial charge on any atom is 0.411 e. The summed E-state index contributed by atoms with van der Waals surface area (Å²) in [5, 5.41) is 2.89. The molecule has 0 bridgehead atoms. The van der Waals surface area contributed by atoms with E-state index in [-0.39, 0.29) is 4.99 Å². The SMILES string of the molecule is CCOC(=O)Nc1cc(C(N)=S)ccc1Cl. The van der Waals surface area contributed by atoms with E-state index in [2.05, 4.69) is 5.32 Å². The monoisotopic (exact) mass is 258 g/mol. The third-order valence-electron chi connectivity index (χ3n) is 1.76. The smallest absolute Gasteiger partial charge is 0.411 e. The van der Waals surface area contributed by atoms with Crippen molar-refractivity contribution in [3.05, 3.63) is 28.8 Å². The number of rotatable bonds is 3. The number of nitrogens with one attached hydrogen (secondary N) is 1. The van der Waals surface area contributed by atoms with Crippen LogP contribution in [0.5, 0.6) is 0 Å². The van der Waals surface area contributed by atoms with Crippen molar-refractivity contribution in [3.63, 3.8) is 0 Å². The summed E-state index contributed by atoms with van der Waals surface area (Å²) in [4.78, 5) is 11.4. The molecule has 0 saturated carbocycles. The van der Waals surface area contributed by atoms with Crippen molar-refractivity contribution in [1.82, 2.24) is 0 Å². The number of hydrogen-bond acceptors (Lipinski definition) is 3. The molecule has 0 fully saturated rings. The number of halogens is 1. The van der Waals surface area contributed by atoms with Crippen molar-refractivity contribution in [2.75, 3.05) is 11.9 Å². The third kappa shape index (κ3) is 3.36. The first kappa shape index (κ1) is 12.7. The van der Waals surface area contributed by atoms with Crippen LogP contribution in [0.15, 0.2) is 18.2 Å². The van der Waals surface area contributed by atoms with Gasteiger partial charge in [-0.1, -0.05) is 29.9 Å². The average Bonchev–Trinajstić information content (AvgIpc) is 2.21. The number of thiocarbonyl (C=S) groups is 1. The van der Waals surface area contributed by atoms with Crippen LogP contribution >= 0.6 is 23.8 Å². The van der Waals surface area contributed by atoms with Crippen LogP contribution < -0.4 is 11.1 Å². The van der Waals surface area contributed by atoms with Crippen LogP contribution in [-0.4, -0.2) is 17.7 Å². The van der Waals surface area contributed by atoms with Crippen LogP contribution in [0.2, 0.25) is 5.02 Å². The second kappa shape index (κ2) is 5.67. The van der Waals surface area contributed by atoms with E-state index in [1.54, 1.807) is 25.1 Å². The zero-order chi connectivity index (χ0) is 12.1. The van der Waals surface area contributed by atoms with Gasteiger partial charge in [-0.25, -0.2) is 4.79 Å². The Kier molecular flexibility index (Phi) is 4.52. The molecule has 4 nitrogen and oxygen atoms in total. The molecule has 0 heterocycles. The molecule has 1 rings (SSSR count). The van der Waals surface area contributed by atoms with Crippen molar-refractivity contribution in [1.29, 1.82) is 0 Å². The van der Waals surface area contributed by atoms with Gasteiger partial charge in [0, 0.05) is 5.56 Å². The summed E-state index contributed by atoms with van der Waals surface area (Å²) in [5.74, 6) is 0. The molecule has 0 aromatic heterocycles. The normalized spacial score (nSPS) is 9.62. The lowest BCUT2D eigenvalue weighted by molar-refractivity contribution is 0.168. The van der Waals surface area contributed by atoms with Crippen LogP contribution in [0.25, 0.3) is 0 Å². The zero-order valence-corrected chi connectivity index (χ0v) is 10.2. The first-order chi connectivity index (χ1) is 7.54. The number of anilines is 1. The van der Waals surface area contributed by atoms with Crippen LogP contribution in [0.1, 0.15) is 12.5 Å². The van der Waals surface area contributed by atoms with E-state index in [1.807, 2.05) is 0 Å². The highest BCUT2D eigenvalue weighted by Gasteiger charge is 2.07. The Balaban J connectivity index is 2.90. The van der Waals surface area contributed by atoms with Crippen LogP contribution in [0.3, 0.4) is 0 Å². The summed E-state index contributed by atoms with van der Waals surface area (Å²) >= 11 is 10.7. The van der Waals surface area contributed by atoms with Gasteiger partial charge in [-0.05, 0) is 19.1 Å². The summed E-state index contributed by atoms with van der Waals surface area (Å²) in [6.07, 6.45) is -0.565.